The summed E-state index contributed by atoms with van der Waals surface area (Å²) >= 11 is 0. The van der Waals surface area contributed by atoms with Crippen LogP contribution in [0.3, 0.4) is 0 Å². The lowest BCUT2D eigenvalue weighted by Gasteiger charge is -2.37. The average molecular weight is 322 g/mol. The van der Waals surface area contributed by atoms with Gasteiger partial charge in [-0.15, -0.1) is 0 Å². The number of carbonyl (C=O) groups excluding carboxylic acids is 1. The lowest BCUT2D eigenvalue weighted by atomic mass is 10.1. The second kappa shape index (κ2) is 7.47. The van der Waals surface area contributed by atoms with Crippen LogP contribution in [0.2, 0.25) is 0 Å². The molecule has 0 bridgehead atoms. The van der Waals surface area contributed by atoms with Crippen LogP contribution in [0.25, 0.3) is 0 Å². The largest absolute Gasteiger partial charge is 0.468 e. The number of furan rings is 1. The summed E-state index contributed by atoms with van der Waals surface area (Å²) in [5.74, 6) is 1.47. The molecular weight excluding hydrogens is 296 g/mol. The zero-order valence-electron chi connectivity index (χ0n) is 13.9. The number of hydrogen-bond acceptors (Lipinski definition) is 5. The Labute approximate surface area is 137 Å². The highest BCUT2D eigenvalue weighted by atomic mass is 16.5. The molecule has 128 valence electrons. The van der Waals surface area contributed by atoms with Crippen LogP contribution in [0.1, 0.15) is 18.6 Å². The van der Waals surface area contributed by atoms with Crippen molar-refractivity contribution in [1.29, 1.82) is 0 Å². The van der Waals surface area contributed by atoms with Crippen molar-refractivity contribution in [2.24, 2.45) is 5.92 Å². The highest BCUT2D eigenvalue weighted by Gasteiger charge is 2.41. The fourth-order valence-corrected chi connectivity index (χ4v) is 3.50. The van der Waals surface area contributed by atoms with Crippen molar-refractivity contribution < 1.29 is 18.7 Å². The molecule has 1 saturated heterocycles. The summed E-state index contributed by atoms with van der Waals surface area (Å²) in [6.07, 6.45) is 4.06. The standard InChI is InChI=1S/C17H26N2O4/c1-18(2)17(20)12-21-11-13-8-15-16(9-13)23-7-5-19(15)10-14-4-3-6-22-14/h3-4,6,13,15-16H,5,7-12H2,1-2H3/t13?,15-,16-/m1/s1. The third-order valence-corrected chi connectivity index (χ3v) is 4.77. The number of carbonyl (C=O) groups is 1. The third-order valence-electron chi connectivity index (χ3n) is 4.77. The van der Waals surface area contributed by atoms with E-state index in [1.807, 2.05) is 12.1 Å². The molecule has 1 saturated carbocycles. The van der Waals surface area contributed by atoms with Gasteiger partial charge >= 0.3 is 0 Å². The molecule has 0 N–H and O–H groups in total. The molecule has 1 unspecified atom stereocenters. The van der Waals surface area contributed by atoms with Gasteiger partial charge in [0, 0.05) is 26.7 Å². The summed E-state index contributed by atoms with van der Waals surface area (Å²) in [5, 5.41) is 0. The van der Waals surface area contributed by atoms with Crippen molar-refractivity contribution in [3.8, 4) is 0 Å². The van der Waals surface area contributed by atoms with E-state index in [1.54, 1.807) is 25.3 Å². The molecule has 1 amide bonds. The minimum Gasteiger partial charge on any atom is -0.468 e. The van der Waals surface area contributed by atoms with E-state index in [9.17, 15) is 4.79 Å². The van der Waals surface area contributed by atoms with Gasteiger partial charge in [0.1, 0.15) is 12.4 Å². The Bertz CT molecular complexity index is 503. The zero-order chi connectivity index (χ0) is 16.2. The Hall–Kier alpha value is -1.37. The molecule has 0 radical (unpaired) electrons. The first-order valence-corrected chi connectivity index (χ1v) is 8.29. The van der Waals surface area contributed by atoms with Crippen molar-refractivity contribution in [1.82, 2.24) is 9.80 Å². The van der Waals surface area contributed by atoms with Gasteiger partial charge in [0.25, 0.3) is 0 Å². The first-order valence-electron chi connectivity index (χ1n) is 8.29. The summed E-state index contributed by atoms with van der Waals surface area (Å²) in [5.41, 5.74) is 0. The summed E-state index contributed by atoms with van der Waals surface area (Å²) in [6.45, 7) is 3.34. The zero-order valence-corrected chi connectivity index (χ0v) is 13.9. The molecule has 2 heterocycles. The normalized spacial score (nSPS) is 27.8. The predicted octanol–water partition coefficient (Wildman–Crippen LogP) is 1.36. The number of hydrogen-bond donors (Lipinski definition) is 0. The van der Waals surface area contributed by atoms with E-state index in [4.69, 9.17) is 13.9 Å². The van der Waals surface area contributed by atoms with E-state index in [-0.39, 0.29) is 18.6 Å². The molecule has 0 aromatic carbocycles. The van der Waals surface area contributed by atoms with Crippen LogP contribution in [0.5, 0.6) is 0 Å². The Morgan fingerprint density at radius 2 is 2.30 bits per heavy atom. The van der Waals surface area contributed by atoms with Crippen molar-refractivity contribution in [3.05, 3.63) is 24.2 Å². The summed E-state index contributed by atoms with van der Waals surface area (Å²) < 4.78 is 17.0. The van der Waals surface area contributed by atoms with Crippen molar-refractivity contribution >= 4 is 5.91 Å². The molecule has 2 aliphatic rings. The Morgan fingerprint density at radius 1 is 1.43 bits per heavy atom. The number of fused-ring (bicyclic) bond motifs is 1. The van der Waals surface area contributed by atoms with Crippen molar-refractivity contribution in [3.63, 3.8) is 0 Å². The Balaban J connectivity index is 1.49. The Morgan fingerprint density at radius 3 is 3.04 bits per heavy atom. The highest BCUT2D eigenvalue weighted by molar-refractivity contribution is 5.76. The summed E-state index contributed by atoms with van der Waals surface area (Å²) in [6, 6.07) is 4.37. The third kappa shape index (κ3) is 4.13. The molecule has 2 fully saturated rings. The van der Waals surface area contributed by atoms with E-state index in [1.165, 1.54) is 0 Å². The van der Waals surface area contributed by atoms with Crippen molar-refractivity contribution in [2.45, 2.75) is 31.5 Å². The van der Waals surface area contributed by atoms with Crippen LogP contribution in [0.15, 0.2) is 22.8 Å². The minimum atomic E-state index is 0.0103. The highest BCUT2D eigenvalue weighted by Crippen LogP contribution is 2.35. The first-order chi connectivity index (χ1) is 11.1. The van der Waals surface area contributed by atoms with E-state index in [0.717, 1.165) is 38.3 Å². The maximum absolute atomic E-state index is 11.6. The van der Waals surface area contributed by atoms with Gasteiger partial charge in [-0.2, -0.15) is 0 Å². The fourth-order valence-electron chi connectivity index (χ4n) is 3.50. The van der Waals surface area contributed by atoms with Gasteiger partial charge in [-0.05, 0) is 30.9 Å². The fraction of sp³-hybridized carbons (Fsp3) is 0.706. The molecule has 1 aliphatic heterocycles. The smallest absolute Gasteiger partial charge is 0.248 e. The summed E-state index contributed by atoms with van der Waals surface area (Å²) in [7, 11) is 3.49. The Kier molecular flexibility index (Phi) is 5.35. The molecule has 1 aromatic heterocycles. The number of ether oxygens (including phenoxy) is 2. The van der Waals surface area contributed by atoms with Gasteiger partial charge < -0.3 is 18.8 Å². The maximum atomic E-state index is 11.6. The van der Waals surface area contributed by atoms with Crippen LogP contribution < -0.4 is 0 Å². The number of amides is 1. The quantitative estimate of drug-likeness (QED) is 0.792. The molecule has 23 heavy (non-hydrogen) atoms. The van der Waals surface area contributed by atoms with Crippen LogP contribution in [-0.4, -0.2) is 68.3 Å². The SMILES string of the molecule is CN(C)C(=O)COCC1C[C@@H]2[C@@H](C1)OCCN2Cc1ccco1. The van der Waals surface area contributed by atoms with Crippen LogP contribution in [0, 0.1) is 5.92 Å². The number of likely N-dealkylation sites (N-methyl/N-ethyl adjacent to an activating group) is 1. The molecule has 3 rings (SSSR count). The van der Waals surface area contributed by atoms with E-state index in [2.05, 4.69) is 4.90 Å². The van der Waals surface area contributed by atoms with Gasteiger partial charge in [-0.3, -0.25) is 9.69 Å². The van der Waals surface area contributed by atoms with Gasteiger partial charge in [-0.25, -0.2) is 0 Å². The predicted molar refractivity (Wildman–Crippen MR) is 84.9 cm³/mol. The molecule has 3 atom stereocenters. The van der Waals surface area contributed by atoms with Crippen LogP contribution in [0.4, 0.5) is 0 Å². The molecule has 6 heteroatoms. The topological polar surface area (TPSA) is 55.2 Å². The monoisotopic (exact) mass is 322 g/mol. The lowest BCUT2D eigenvalue weighted by Crippen LogP contribution is -2.47. The summed E-state index contributed by atoms with van der Waals surface area (Å²) in [4.78, 5) is 15.6. The lowest BCUT2D eigenvalue weighted by molar-refractivity contribution is -0.134. The number of nitrogens with zero attached hydrogens (tertiary/aromatic N) is 2. The maximum Gasteiger partial charge on any atom is 0.248 e. The van der Waals surface area contributed by atoms with Gasteiger partial charge in [0.15, 0.2) is 0 Å². The minimum absolute atomic E-state index is 0.0103. The van der Waals surface area contributed by atoms with Gasteiger partial charge in [-0.1, -0.05) is 0 Å². The number of rotatable bonds is 6. The van der Waals surface area contributed by atoms with E-state index in [0.29, 0.717) is 18.6 Å². The average Bonchev–Trinajstić information content (AvgIpc) is 3.16. The molecule has 1 aromatic rings. The van der Waals surface area contributed by atoms with E-state index < -0.39 is 0 Å². The molecule has 6 nitrogen and oxygen atoms in total. The molecule has 1 aliphatic carbocycles. The second-order valence-corrected chi connectivity index (χ2v) is 6.67. The number of morpholine rings is 1. The van der Waals surface area contributed by atoms with Gasteiger partial charge in [0.05, 0.1) is 32.1 Å². The second-order valence-electron chi connectivity index (χ2n) is 6.67. The first kappa shape index (κ1) is 16.5. The molecular formula is C17H26N2O4. The van der Waals surface area contributed by atoms with E-state index >= 15 is 0 Å². The van der Waals surface area contributed by atoms with Crippen molar-refractivity contribution in [2.75, 3.05) is 40.5 Å². The van der Waals surface area contributed by atoms with Crippen LogP contribution in [-0.2, 0) is 20.8 Å². The van der Waals surface area contributed by atoms with Gasteiger partial charge in [0.2, 0.25) is 5.91 Å². The molecule has 0 spiro atoms. The van der Waals surface area contributed by atoms with Crippen LogP contribution >= 0.6 is 0 Å².